The van der Waals surface area contributed by atoms with Gasteiger partial charge in [0.25, 0.3) is 0 Å². The van der Waals surface area contributed by atoms with E-state index in [1.165, 1.54) is 0 Å². The average Bonchev–Trinajstić information content (AvgIpc) is 1.88. The van der Waals surface area contributed by atoms with Gasteiger partial charge in [-0.2, -0.15) is 0 Å². The molecule has 1 atom stereocenters. The van der Waals surface area contributed by atoms with Crippen LogP contribution in [0.1, 0.15) is 13.3 Å². The number of hydrogen-bond donors (Lipinski definition) is 0. The standard InChI is InChI=1S/C9H14/c1-4-7-9(6-3)8-5-2/h4-6,8-9H,1,3,7H2,2H3/b8-5+. The van der Waals surface area contributed by atoms with Crippen molar-refractivity contribution in [3.8, 4) is 0 Å². The highest BCUT2D eigenvalue weighted by atomic mass is 14.0. The minimum absolute atomic E-state index is 0.479. The lowest BCUT2D eigenvalue weighted by atomic mass is 10.1. The van der Waals surface area contributed by atoms with Crippen LogP contribution in [0, 0.1) is 5.92 Å². The van der Waals surface area contributed by atoms with E-state index in [4.69, 9.17) is 0 Å². The quantitative estimate of drug-likeness (QED) is 0.503. The summed E-state index contributed by atoms with van der Waals surface area (Å²) in [6.07, 6.45) is 8.99. The molecule has 50 valence electrons. The summed E-state index contributed by atoms with van der Waals surface area (Å²) in [6.45, 7) is 9.36. The van der Waals surface area contributed by atoms with Crippen LogP contribution < -0.4 is 0 Å². The number of allylic oxidation sites excluding steroid dienone is 4. The Bertz CT molecular complexity index is 109. The number of rotatable bonds is 4. The molecule has 0 spiro atoms. The Labute approximate surface area is 57.6 Å². The largest absolute Gasteiger partial charge is 0.103 e. The molecule has 0 radical (unpaired) electrons. The SMILES string of the molecule is C=CCC(C=C)/C=C/C. The van der Waals surface area contributed by atoms with E-state index in [2.05, 4.69) is 19.2 Å². The highest BCUT2D eigenvalue weighted by molar-refractivity contribution is 4.98. The van der Waals surface area contributed by atoms with Crippen molar-refractivity contribution in [1.82, 2.24) is 0 Å². The fourth-order valence-electron chi connectivity index (χ4n) is 0.693. The van der Waals surface area contributed by atoms with E-state index < -0.39 is 0 Å². The molecule has 0 aliphatic heterocycles. The average molecular weight is 122 g/mol. The summed E-state index contributed by atoms with van der Waals surface area (Å²) in [5.74, 6) is 0.479. The summed E-state index contributed by atoms with van der Waals surface area (Å²) in [5, 5.41) is 0. The molecule has 0 aromatic heterocycles. The van der Waals surface area contributed by atoms with Crippen molar-refractivity contribution < 1.29 is 0 Å². The highest BCUT2D eigenvalue weighted by Crippen LogP contribution is 2.05. The Morgan fingerprint density at radius 2 is 2.11 bits per heavy atom. The monoisotopic (exact) mass is 122 g/mol. The molecule has 0 amide bonds. The fourth-order valence-corrected chi connectivity index (χ4v) is 0.693. The van der Waals surface area contributed by atoms with E-state index in [1.807, 2.05) is 25.2 Å². The Hall–Kier alpha value is -0.780. The Morgan fingerprint density at radius 1 is 1.44 bits per heavy atom. The zero-order valence-electron chi connectivity index (χ0n) is 6.01. The van der Waals surface area contributed by atoms with Crippen LogP contribution in [0.2, 0.25) is 0 Å². The molecule has 0 heteroatoms. The summed E-state index contributed by atoms with van der Waals surface area (Å²) >= 11 is 0. The zero-order chi connectivity index (χ0) is 7.11. The molecule has 0 saturated carbocycles. The molecule has 0 bridgehead atoms. The van der Waals surface area contributed by atoms with Gasteiger partial charge in [0.1, 0.15) is 0 Å². The maximum Gasteiger partial charge on any atom is -0.00219 e. The lowest BCUT2D eigenvalue weighted by molar-refractivity contribution is 0.834. The van der Waals surface area contributed by atoms with Crippen LogP contribution in [0.15, 0.2) is 37.5 Å². The second-order valence-electron chi connectivity index (χ2n) is 1.95. The Kier molecular flexibility index (Phi) is 4.89. The van der Waals surface area contributed by atoms with Crippen molar-refractivity contribution in [3.63, 3.8) is 0 Å². The Balaban J connectivity index is 3.66. The first-order valence-electron chi connectivity index (χ1n) is 3.21. The van der Waals surface area contributed by atoms with Gasteiger partial charge in [-0.1, -0.05) is 24.3 Å². The summed E-state index contributed by atoms with van der Waals surface area (Å²) in [6, 6.07) is 0. The molecule has 0 heterocycles. The van der Waals surface area contributed by atoms with Crippen molar-refractivity contribution in [2.24, 2.45) is 5.92 Å². The van der Waals surface area contributed by atoms with Gasteiger partial charge in [-0.15, -0.1) is 13.2 Å². The molecule has 0 fully saturated rings. The summed E-state index contributed by atoms with van der Waals surface area (Å²) < 4.78 is 0. The van der Waals surface area contributed by atoms with Crippen molar-refractivity contribution in [2.75, 3.05) is 0 Å². The molecule has 9 heavy (non-hydrogen) atoms. The van der Waals surface area contributed by atoms with Gasteiger partial charge in [0.2, 0.25) is 0 Å². The maximum atomic E-state index is 3.70. The molecule has 0 rings (SSSR count). The van der Waals surface area contributed by atoms with E-state index in [0.717, 1.165) is 6.42 Å². The van der Waals surface area contributed by atoms with Crippen molar-refractivity contribution in [2.45, 2.75) is 13.3 Å². The lowest BCUT2D eigenvalue weighted by Crippen LogP contribution is -1.86. The topological polar surface area (TPSA) is 0 Å². The van der Waals surface area contributed by atoms with Crippen molar-refractivity contribution in [3.05, 3.63) is 37.5 Å². The molecule has 0 aliphatic rings. The van der Waals surface area contributed by atoms with Crippen molar-refractivity contribution in [1.29, 1.82) is 0 Å². The van der Waals surface area contributed by atoms with Gasteiger partial charge in [0.05, 0.1) is 0 Å². The van der Waals surface area contributed by atoms with E-state index in [-0.39, 0.29) is 0 Å². The minimum atomic E-state index is 0.479. The summed E-state index contributed by atoms with van der Waals surface area (Å²) in [5.41, 5.74) is 0. The Morgan fingerprint density at radius 3 is 2.44 bits per heavy atom. The van der Waals surface area contributed by atoms with Gasteiger partial charge in [0, 0.05) is 0 Å². The van der Waals surface area contributed by atoms with Crippen LogP contribution in [-0.4, -0.2) is 0 Å². The van der Waals surface area contributed by atoms with Crippen LogP contribution in [0.25, 0.3) is 0 Å². The third kappa shape index (κ3) is 3.77. The van der Waals surface area contributed by atoms with Crippen molar-refractivity contribution >= 4 is 0 Å². The van der Waals surface area contributed by atoms with Gasteiger partial charge in [-0.3, -0.25) is 0 Å². The maximum absolute atomic E-state index is 3.70. The van der Waals surface area contributed by atoms with Crippen LogP contribution >= 0.6 is 0 Å². The van der Waals surface area contributed by atoms with Crippen LogP contribution in [0.5, 0.6) is 0 Å². The van der Waals surface area contributed by atoms with E-state index in [0.29, 0.717) is 5.92 Å². The summed E-state index contributed by atoms with van der Waals surface area (Å²) in [4.78, 5) is 0. The van der Waals surface area contributed by atoms with E-state index in [1.54, 1.807) is 0 Å². The minimum Gasteiger partial charge on any atom is -0.103 e. The molecule has 0 nitrogen and oxygen atoms in total. The molecule has 0 saturated heterocycles. The molecular formula is C9H14. The molecular weight excluding hydrogens is 108 g/mol. The molecule has 0 aromatic carbocycles. The summed E-state index contributed by atoms with van der Waals surface area (Å²) in [7, 11) is 0. The number of hydrogen-bond acceptors (Lipinski definition) is 0. The highest BCUT2D eigenvalue weighted by Gasteiger charge is 1.91. The smallest absolute Gasteiger partial charge is 0.00219 e. The molecule has 0 N–H and O–H groups in total. The second kappa shape index (κ2) is 5.36. The van der Waals surface area contributed by atoms with E-state index in [9.17, 15) is 0 Å². The van der Waals surface area contributed by atoms with E-state index >= 15 is 0 Å². The van der Waals surface area contributed by atoms with Gasteiger partial charge in [0.15, 0.2) is 0 Å². The third-order valence-corrected chi connectivity index (χ3v) is 1.18. The normalized spacial score (nSPS) is 13.4. The zero-order valence-corrected chi connectivity index (χ0v) is 6.01. The predicted molar refractivity (Wildman–Crippen MR) is 43.3 cm³/mol. The first-order chi connectivity index (χ1) is 4.35. The first-order valence-corrected chi connectivity index (χ1v) is 3.21. The van der Waals surface area contributed by atoms with Gasteiger partial charge < -0.3 is 0 Å². The van der Waals surface area contributed by atoms with Crippen LogP contribution in [0.4, 0.5) is 0 Å². The third-order valence-electron chi connectivity index (χ3n) is 1.18. The fraction of sp³-hybridized carbons (Fsp3) is 0.333. The molecule has 0 aliphatic carbocycles. The predicted octanol–water partition coefficient (Wildman–Crippen LogP) is 2.94. The van der Waals surface area contributed by atoms with Gasteiger partial charge >= 0.3 is 0 Å². The first kappa shape index (κ1) is 8.22. The van der Waals surface area contributed by atoms with Gasteiger partial charge in [-0.25, -0.2) is 0 Å². The second-order valence-corrected chi connectivity index (χ2v) is 1.95. The van der Waals surface area contributed by atoms with Crippen LogP contribution in [-0.2, 0) is 0 Å². The lowest BCUT2D eigenvalue weighted by Gasteiger charge is -1.99. The molecule has 1 unspecified atom stereocenters. The van der Waals surface area contributed by atoms with Gasteiger partial charge in [-0.05, 0) is 19.3 Å². The van der Waals surface area contributed by atoms with Crippen LogP contribution in [0.3, 0.4) is 0 Å². The molecule has 0 aromatic rings.